The molecule has 1 unspecified atom stereocenters. The van der Waals surface area contributed by atoms with Gasteiger partial charge in [-0.3, -0.25) is 0 Å². The molecule has 0 spiro atoms. The Bertz CT molecular complexity index is 133. The standard InChI is InChI=1S/C10H18/c1-4-10-6-5-8(2)9(3)7-10/h7-9H,4-6H2,1-3H3/t8?,9-/m0/s1. The predicted molar refractivity (Wildman–Crippen MR) is 45.9 cm³/mol. The Morgan fingerprint density at radius 3 is 2.70 bits per heavy atom. The van der Waals surface area contributed by atoms with Crippen molar-refractivity contribution in [3.8, 4) is 0 Å². The molecule has 0 heteroatoms. The van der Waals surface area contributed by atoms with Crippen LogP contribution in [0.15, 0.2) is 11.6 Å². The van der Waals surface area contributed by atoms with Gasteiger partial charge in [0.15, 0.2) is 0 Å². The minimum Gasteiger partial charge on any atom is -0.0822 e. The quantitative estimate of drug-likeness (QED) is 0.487. The van der Waals surface area contributed by atoms with Crippen LogP contribution in [0, 0.1) is 11.8 Å². The summed E-state index contributed by atoms with van der Waals surface area (Å²) in [5, 5.41) is 0. The lowest BCUT2D eigenvalue weighted by molar-refractivity contribution is 0.401. The first kappa shape index (κ1) is 7.84. The smallest absolute Gasteiger partial charge is 0.0233 e. The van der Waals surface area contributed by atoms with Crippen LogP contribution in [0.1, 0.15) is 40.0 Å². The molecule has 0 N–H and O–H groups in total. The van der Waals surface area contributed by atoms with E-state index in [-0.39, 0.29) is 0 Å². The molecule has 0 aromatic heterocycles. The molecule has 0 aromatic carbocycles. The Kier molecular flexibility index (Phi) is 2.53. The van der Waals surface area contributed by atoms with Crippen molar-refractivity contribution in [2.45, 2.75) is 40.0 Å². The van der Waals surface area contributed by atoms with Gasteiger partial charge in [0.05, 0.1) is 0 Å². The number of hydrogen-bond acceptors (Lipinski definition) is 0. The summed E-state index contributed by atoms with van der Waals surface area (Å²) in [7, 11) is 0. The molecule has 0 saturated heterocycles. The molecule has 0 aromatic rings. The number of allylic oxidation sites excluding steroid dienone is 2. The highest BCUT2D eigenvalue weighted by molar-refractivity contribution is 5.07. The highest BCUT2D eigenvalue weighted by Crippen LogP contribution is 2.28. The average Bonchev–Trinajstić information content (AvgIpc) is 1.95. The van der Waals surface area contributed by atoms with Gasteiger partial charge >= 0.3 is 0 Å². The molecular weight excluding hydrogens is 120 g/mol. The molecule has 1 aliphatic rings. The first-order valence-electron chi connectivity index (χ1n) is 4.43. The molecule has 0 radical (unpaired) electrons. The van der Waals surface area contributed by atoms with Crippen molar-refractivity contribution in [1.82, 2.24) is 0 Å². The lowest BCUT2D eigenvalue weighted by Gasteiger charge is -2.23. The maximum Gasteiger partial charge on any atom is -0.0233 e. The van der Waals surface area contributed by atoms with E-state index in [9.17, 15) is 0 Å². The van der Waals surface area contributed by atoms with Gasteiger partial charge in [0.25, 0.3) is 0 Å². The fourth-order valence-electron chi connectivity index (χ4n) is 1.59. The average molecular weight is 138 g/mol. The Hall–Kier alpha value is -0.260. The van der Waals surface area contributed by atoms with Gasteiger partial charge < -0.3 is 0 Å². The van der Waals surface area contributed by atoms with Crippen LogP contribution in [0.4, 0.5) is 0 Å². The van der Waals surface area contributed by atoms with E-state index in [1.807, 2.05) is 0 Å². The van der Waals surface area contributed by atoms with E-state index in [4.69, 9.17) is 0 Å². The topological polar surface area (TPSA) is 0 Å². The van der Waals surface area contributed by atoms with Crippen LogP contribution in [0.25, 0.3) is 0 Å². The third-order valence-corrected chi connectivity index (χ3v) is 2.77. The highest BCUT2D eigenvalue weighted by Gasteiger charge is 2.15. The van der Waals surface area contributed by atoms with Crippen LogP contribution in [-0.2, 0) is 0 Å². The zero-order valence-electron chi connectivity index (χ0n) is 7.35. The first-order valence-corrected chi connectivity index (χ1v) is 4.43. The third-order valence-electron chi connectivity index (χ3n) is 2.77. The lowest BCUT2D eigenvalue weighted by Crippen LogP contribution is -2.11. The van der Waals surface area contributed by atoms with Gasteiger partial charge in [-0.15, -0.1) is 0 Å². The van der Waals surface area contributed by atoms with E-state index in [1.54, 1.807) is 5.57 Å². The van der Waals surface area contributed by atoms with Crippen LogP contribution in [0.2, 0.25) is 0 Å². The van der Waals surface area contributed by atoms with Crippen LogP contribution in [0.3, 0.4) is 0 Å². The van der Waals surface area contributed by atoms with Crippen LogP contribution < -0.4 is 0 Å². The van der Waals surface area contributed by atoms with E-state index in [2.05, 4.69) is 26.8 Å². The minimum atomic E-state index is 0.823. The van der Waals surface area contributed by atoms with Crippen molar-refractivity contribution in [2.75, 3.05) is 0 Å². The monoisotopic (exact) mass is 138 g/mol. The van der Waals surface area contributed by atoms with Crippen molar-refractivity contribution < 1.29 is 0 Å². The Morgan fingerprint density at radius 1 is 1.50 bits per heavy atom. The second-order valence-corrected chi connectivity index (χ2v) is 3.55. The van der Waals surface area contributed by atoms with Crippen molar-refractivity contribution in [3.05, 3.63) is 11.6 Å². The normalized spacial score (nSPS) is 33.7. The maximum atomic E-state index is 2.47. The largest absolute Gasteiger partial charge is 0.0822 e. The van der Waals surface area contributed by atoms with Gasteiger partial charge in [0.2, 0.25) is 0 Å². The number of hydrogen-bond donors (Lipinski definition) is 0. The molecule has 1 rings (SSSR count). The lowest BCUT2D eigenvalue weighted by atomic mass is 9.82. The minimum absolute atomic E-state index is 0.823. The van der Waals surface area contributed by atoms with E-state index in [1.165, 1.54) is 19.3 Å². The summed E-state index contributed by atoms with van der Waals surface area (Å²) in [4.78, 5) is 0. The van der Waals surface area contributed by atoms with E-state index < -0.39 is 0 Å². The fraction of sp³-hybridized carbons (Fsp3) is 0.800. The second kappa shape index (κ2) is 3.23. The van der Waals surface area contributed by atoms with Crippen LogP contribution in [0.5, 0.6) is 0 Å². The molecular formula is C10H18. The molecule has 0 nitrogen and oxygen atoms in total. The van der Waals surface area contributed by atoms with Gasteiger partial charge in [-0.1, -0.05) is 32.4 Å². The summed E-state index contributed by atoms with van der Waals surface area (Å²) in [6.45, 7) is 6.95. The summed E-state index contributed by atoms with van der Waals surface area (Å²) in [6.07, 6.45) is 6.48. The molecule has 10 heavy (non-hydrogen) atoms. The Balaban J connectivity index is 2.56. The molecule has 0 amide bonds. The van der Waals surface area contributed by atoms with Crippen LogP contribution in [-0.4, -0.2) is 0 Å². The summed E-state index contributed by atoms with van der Waals surface area (Å²) in [5.41, 5.74) is 1.67. The molecule has 0 bridgehead atoms. The fourth-order valence-corrected chi connectivity index (χ4v) is 1.59. The van der Waals surface area contributed by atoms with E-state index in [0.29, 0.717) is 0 Å². The van der Waals surface area contributed by atoms with Crippen molar-refractivity contribution in [3.63, 3.8) is 0 Å². The zero-order valence-corrected chi connectivity index (χ0v) is 7.35. The van der Waals surface area contributed by atoms with Crippen molar-refractivity contribution >= 4 is 0 Å². The van der Waals surface area contributed by atoms with E-state index in [0.717, 1.165) is 11.8 Å². The first-order chi connectivity index (χ1) is 4.74. The highest BCUT2D eigenvalue weighted by atomic mass is 14.2. The molecule has 0 saturated carbocycles. The third kappa shape index (κ3) is 1.62. The number of rotatable bonds is 1. The van der Waals surface area contributed by atoms with Gasteiger partial charge in [0, 0.05) is 0 Å². The maximum absolute atomic E-state index is 2.47. The summed E-state index contributed by atoms with van der Waals surface area (Å²) >= 11 is 0. The van der Waals surface area contributed by atoms with Gasteiger partial charge in [0.1, 0.15) is 0 Å². The Morgan fingerprint density at radius 2 is 2.20 bits per heavy atom. The summed E-state index contributed by atoms with van der Waals surface area (Å²) in [6, 6.07) is 0. The predicted octanol–water partition coefficient (Wildman–Crippen LogP) is 3.39. The van der Waals surface area contributed by atoms with Gasteiger partial charge in [-0.25, -0.2) is 0 Å². The molecule has 58 valence electrons. The van der Waals surface area contributed by atoms with Crippen molar-refractivity contribution in [2.24, 2.45) is 11.8 Å². The van der Waals surface area contributed by atoms with Crippen LogP contribution >= 0.6 is 0 Å². The van der Waals surface area contributed by atoms with Crippen molar-refractivity contribution in [1.29, 1.82) is 0 Å². The molecule has 1 aliphatic carbocycles. The Labute approximate surface area is 64.3 Å². The van der Waals surface area contributed by atoms with Gasteiger partial charge in [-0.05, 0) is 31.1 Å². The second-order valence-electron chi connectivity index (χ2n) is 3.55. The zero-order chi connectivity index (χ0) is 7.56. The molecule has 0 heterocycles. The summed E-state index contributed by atoms with van der Waals surface area (Å²) < 4.78 is 0. The van der Waals surface area contributed by atoms with E-state index >= 15 is 0 Å². The molecule has 2 atom stereocenters. The SMILES string of the molecule is CCC1=C[C@H](C)C(C)CC1. The summed E-state index contributed by atoms with van der Waals surface area (Å²) in [5.74, 6) is 1.74. The molecule has 0 fully saturated rings. The van der Waals surface area contributed by atoms with Gasteiger partial charge in [-0.2, -0.15) is 0 Å². The molecule has 0 aliphatic heterocycles.